The van der Waals surface area contributed by atoms with Gasteiger partial charge in [0.25, 0.3) is 0 Å². The Morgan fingerprint density at radius 3 is 2.67 bits per heavy atom. The van der Waals surface area contributed by atoms with Gasteiger partial charge in [-0.3, -0.25) is 0 Å². The SMILES string of the molecule is CC1CC1CNC(=O)N1CCCCCC1C(=O)O. The van der Waals surface area contributed by atoms with E-state index in [4.69, 9.17) is 0 Å². The third-order valence-corrected chi connectivity index (χ3v) is 4.09. The van der Waals surface area contributed by atoms with E-state index in [2.05, 4.69) is 12.2 Å². The Kier molecular flexibility index (Phi) is 4.09. The summed E-state index contributed by atoms with van der Waals surface area (Å²) in [7, 11) is 0. The lowest BCUT2D eigenvalue weighted by molar-refractivity contribution is -0.142. The van der Waals surface area contributed by atoms with Crippen molar-refractivity contribution in [3.63, 3.8) is 0 Å². The van der Waals surface area contributed by atoms with Crippen molar-refractivity contribution in [1.82, 2.24) is 10.2 Å². The molecule has 2 N–H and O–H groups in total. The summed E-state index contributed by atoms with van der Waals surface area (Å²) >= 11 is 0. The number of nitrogens with one attached hydrogen (secondary N) is 1. The van der Waals surface area contributed by atoms with Crippen LogP contribution in [0.25, 0.3) is 0 Å². The molecule has 3 unspecified atom stereocenters. The second-order valence-electron chi connectivity index (χ2n) is 5.56. The second kappa shape index (κ2) is 5.59. The first-order valence-corrected chi connectivity index (χ1v) is 6.87. The van der Waals surface area contributed by atoms with Gasteiger partial charge in [-0.1, -0.05) is 19.8 Å². The van der Waals surface area contributed by atoms with Crippen LogP contribution in [0.15, 0.2) is 0 Å². The van der Waals surface area contributed by atoms with Gasteiger partial charge in [0.2, 0.25) is 0 Å². The lowest BCUT2D eigenvalue weighted by atomic mass is 10.1. The Morgan fingerprint density at radius 1 is 1.33 bits per heavy atom. The predicted octanol–water partition coefficient (Wildman–Crippen LogP) is 1.68. The lowest BCUT2D eigenvalue weighted by Gasteiger charge is -2.27. The molecular weight excluding hydrogens is 232 g/mol. The number of rotatable bonds is 3. The second-order valence-corrected chi connectivity index (χ2v) is 5.56. The normalized spacial score (nSPS) is 31.6. The molecule has 1 aliphatic carbocycles. The Labute approximate surface area is 108 Å². The summed E-state index contributed by atoms with van der Waals surface area (Å²) in [6.07, 6.45) is 4.54. The van der Waals surface area contributed by atoms with E-state index < -0.39 is 12.0 Å². The zero-order chi connectivity index (χ0) is 13.1. The van der Waals surface area contributed by atoms with Gasteiger partial charge in [-0.25, -0.2) is 9.59 Å². The number of hydrogen-bond acceptors (Lipinski definition) is 2. The zero-order valence-corrected chi connectivity index (χ0v) is 10.9. The van der Waals surface area contributed by atoms with Gasteiger partial charge in [0, 0.05) is 13.1 Å². The molecule has 0 aromatic heterocycles. The van der Waals surface area contributed by atoms with E-state index in [0.717, 1.165) is 19.3 Å². The molecule has 5 nitrogen and oxygen atoms in total. The highest BCUT2D eigenvalue weighted by Crippen LogP contribution is 2.36. The summed E-state index contributed by atoms with van der Waals surface area (Å²) in [4.78, 5) is 24.8. The average molecular weight is 254 g/mol. The summed E-state index contributed by atoms with van der Waals surface area (Å²) in [5.41, 5.74) is 0. The van der Waals surface area contributed by atoms with E-state index >= 15 is 0 Å². The van der Waals surface area contributed by atoms with Crippen LogP contribution in [-0.4, -0.2) is 41.1 Å². The molecule has 0 spiro atoms. The number of nitrogens with zero attached hydrogens (tertiary/aromatic N) is 1. The fourth-order valence-corrected chi connectivity index (χ4v) is 2.61. The molecular formula is C13H22N2O3. The van der Waals surface area contributed by atoms with E-state index in [9.17, 15) is 14.7 Å². The van der Waals surface area contributed by atoms with Gasteiger partial charge in [-0.2, -0.15) is 0 Å². The van der Waals surface area contributed by atoms with Crippen LogP contribution in [0.1, 0.15) is 39.0 Å². The van der Waals surface area contributed by atoms with E-state index in [-0.39, 0.29) is 6.03 Å². The third-order valence-electron chi connectivity index (χ3n) is 4.09. The third kappa shape index (κ3) is 3.15. The number of urea groups is 1. The van der Waals surface area contributed by atoms with Crippen molar-refractivity contribution in [2.75, 3.05) is 13.1 Å². The van der Waals surface area contributed by atoms with Crippen molar-refractivity contribution in [1.29, 1.82) is 0 Å². The van der Waals surface area contributed by atoms with E-state index in [0.29, 0.717) is 31.3 Å². The van der Waals surface area contributed by atoms with Crippen molar-refractivity contribution >= 4 is 12.0 Å². The van der Waals surface area contributed by atoms with Gasteiger partial charge in [0.15, 0.2) is 0 Å². The van der Waals surface area contributed by atoms with Crippen molar-refractivity contribution in [2.24, 2.45) is 11.8 Å². The number of carboxylic acid groups (broad SMARTS) is 1. The maximum Gasteiger partial charge on any atom is 0.326 e. The molecule has 3 atom stereocenters. The summed E-state index contributed by atoms with van der Waals surface area (Å²) in [5.74, 6) is 0.403. The summed E-state index contributed by atoms with van der Waals surface area (Å²) < 4.78 is 0. The van der Waals surface area contributed by atoms with E-state index in [1.807, 2.05) is 0 Å². The van der Waals surface area contributed by atoms with Crippen molar-refractivity contribution in [2.45, 2.75) is 45.1 Å². The molecule has 2 aliphatic rings. The highest BCUT2D eigenvalue weighted by atomic mass is 16.4. The molecule has 18 heavy (non-hydrogen) atoms. The van der Waals surface area contributed by atoms with Crippen molar-refractivity contribution in [3.8, 4) is 0 Å². The minimum absolute atomic E-state index is 0.205. The van der Waals surface area contributed by atoms with Crippen LogP contribution in [0, 0.1) is 11.8 Å². The summed E-state index contributed by atoms with van der Waals surface area (Å²) in [5, 5.41) is 12.1. The Bertz CT molecular complexity index is 332. The highest BCUT2D eigenvalue weighted by molar-refractivity contribution is 5.82. The molecule has 0 radical (unpaired) electrons. The van der Waals surface area contributed by atoms with Crippen LogP contribution in [-0.2, 0) is 4.79 Å². The summed E-state index contributed by atoms with van der Waals surface area (Å²) in [6, 6.07) is -0.854. The first kappa shape index (κ1) is 13.2. The number of likely N-dealkylation sites (tertiary alicyclic amines) is 1. The Morgan fingerprint density at radius 2 is 2.06 bits per heavy atom. The smallest absolute Gasteiger partial charge is 0.326 e. The fraction of sp³-hybridized carbons (Fsp3) is 0.846. The van der Waals surface area contributed by atoms with Crippen molar-refractivity contribution in [3.05, 3.63) is 0 Å². The van der Waals surface area contributed by atoms with Gasteiger partial charge >= 0.3 is 12.0 Å². The molecule has 5 heteroatoms. The Balaban J connectivity index is 1.89. The number of amides is 2. The fourth-order valence-electron chi connectivity index (χ4n) is 2.61. The lowest BCUT2D eigenvalue weighted by Crippen LogP contribution is -2.49. The number of aliphatic carboxylic acids is 1. The quantitative estimate of drug-likeness (QED) is 0.805. The van der Waals surface area contributed by atoms with E-state index in [1.165, 1.54) is 11.3 Å². The highest BCUT2D eigenvalue weighted by Gasteiger charge is 2.35. The molecule has 1 aliphatic heterocycles. The maximum absolute atomic E-state index is 12.1. The first-order valence-electron chi connectivity index (χ1n) is 6.87. The predicted molar refractivity (Wildman–Crippen MR) is 67.3 cm³/mol. The molecule has 1 saturated carbocycles. The van der Waals surface area contributed by atoms with Crippen molar-refractivity contribution < 1.29 is 14.7 Å². The minimum Gasteiger partial charge on any atom is -0.480 e. The van der Waals surface area contributed by atoms with Gasteiger partial charge in [-0.15, -0.1) is 0 Å². The van der Waals surface area contributed by atoms with Gasteiger partial charge in [-0.05, 0) is 31.1 Å². The molecule has 0 bridgehead atoms. The average Bonchev–Trinajstić information content (AvgIpc) is 3.07. The van der Waals surface area contributed by atoms with Gasteiger partial charge < -0.3 is 15.3 Å². The minimum atomic E-state index is -0.883. The maximum atomic E-state index is 12.1. The van der Waals surface area contributed by atoms with Gasteiger partial charge in [0.1, 0.15) is 6.04 Å². The molecule has 102 valence electrons. The van der Waals surface area contributed by atoms with Crippen LogP contribution < -0.4 is 5.32 Å². The van der Waals surface area contributed by atoms with Crippen LogP contribution >= 0.6 is 0 Å². The van der Waals surface area contributed by atoms with Crippen LogP contribution in [0.2, 0.25) is 0 Å². The van der Waals surface area contributed by atoms with Crippen LogP contribution in [0.5, 0.6) is 0 Å². The molecule has 1 saturated heterocycles. The monoisotopic (exact) mass is 254 g/mol. The molecule has 2 rings (SSSR count). The van der Waals surface area contributed by atoms with Gasteiger partial charge in [0.05, 0.1) is 0 Å². The topological polar surface area (TPSA) is 69.6 Å². The summed E-state index contributed by atoms with van der Waals surface area (Å²) in [6.45, 7) is 3.41. The number of carbonyl (C=O) groups excluding carboxylic acids is 1. The molecule has 2 amide bonds. The zero-order valence-electron chi connectivity index (χ0n) is 10.9. The number of carboxylic acids is 1. The van der Waals surface area contributed by atoms with Crippen LogP contribution in [0.4, 0.5) is 4.79 Å². The van der Waals surface area contributed by atoms with Crippen LogP contribution in [0.3, 0.4) is 0 Å². The molecule has 1 heterocycles. The first-order chi connectivity index (χ1) is 8.59. The standard InChI is InChI=1S/C13H22N2O3/c1-9-7-10(9)8-14-13(18)15-6-4-2-3-5-11(15)12(16)17/h9-11H,2-8H2,1H3,(H,14,18)(H,16,17). The molecule has 0 aromatic rings. The number of carbonyl (C=O) groups is 2. The number of hydrogen-bond donors (Lipinski definition) is 2. The Hall–Kier alpha value is -1.26. The molecule has 2 fully saturated rings. The largest absolute Gasteiger partial charge is 0.480 e. The molecule has 0 aromatic carbocycles. The van der Waals surface area contributed by atoms with E-state index in [1.54, 1.807) is 0 Å².